The van der Waals surface area contributed by atoms with Crippen molar-refractivity contribution in [1.29, 1.82) is 0 Å². The van der Waals surface area contributed by atoms with E-state index in [-0.39, 0.29) is 11.2 Å². The van der Waals surface area contributed by atoms with E-state index < -0.39 is 11.7 Å². The molecule has 8 heteroatoms. The van der Waals surface area contributed by atoms with Crippen molar-refractivity contribution in [2.75, 3.05) is 5.32 Å². The van der Waals surface area contributed by atoms with Crippen molar-refractivity contribution in [1.82, 2.24) is 14.5 Å². The van der Waals surface area contributed by atoms with Crippen LogP contribution in [-0.2, 0) is 0 Å². The smallest absolute Gasteiger partial charge is 0.267 e. The molecule has 2 heterocycles. The van der Waals surface area contributed by atoms with E-state index in [1.54, 1.807) is 49.5 Å². The van der Waals surface area contributed by atoms with Gasteiger partial charge in [0, 0.05) is 10.7 Å². The molecule has 144 valence electrons. The number of nitrogens with one attached hydrogen (secondary N) is 1. The number of hydrogen-bond acceptors (Lipinski definition) is 4. The molecule has 0 fully saturated rings. The Kier molecular flexibility index (Phi) is 4.94. The average molecular weight is 453 g/mol. The molecule has 2 aromatic heterocycles. The van der Waals surface area contributed by atoms with E-state index in [1.807, 2.05) is 0 Å². The summed E-state index contributed by atoms with van der Waals surface area (Å²) in [4.78, 5) is 33.9. The molecule has 4 aromatic rings. The van der Waals surface area contributed by atoms with Gasteiger partial charge in [-0.05, 0) is 65.3 Å². The molecule has 0 aliphatic heterocycles. The molecule has 0 radical (unpaired) electrons. The summed E-state index contributed by atoms with van der Waals surface area (Å²) in [6, 6.07) is 14.2. The molecule has 4 rings (SSSR count). The zero-order valence-electron chi connectivity index (χ0n) is 15.2. The molecule has 6 nitrogen and oxygen atoms in total. The maximum atomic E-state index is 14.4. The number of rotatable bonds is 3. The van der Waals surface area contributed by atoms with Crippen LogP contribution in [0.4, 0.5) is 10.1 Å². The second kappa shape index (κ2) is 7.56. The molecule has 0 unspecified atom stereocenters. The van der Waals surface area contributed by atoms with Crippen LogP contribution in [0.2, 0.25) is 0 Å². The van der Waals surface area contributed by atoms with Gasteiger partial charge in [-0.1, -0.05) is 12.1 Å². The first-order valence-electron chi connectivity index (χ1n) is 8.66. The molecule has 0 spiro atoms. The Morgan fingerprint density at radius 2 is 1.93 bits per heavy atom. The molecular formula is C21H14BrFN4O2. The number of carbonyl (C=O) groups excluding carboxylic acids is 1. The molecule has 29 heavy (non-hydrogen) atoms. The number of halogens is 2. The molecule has 0 saturated carbocycles. The first-order valence-corrected chi connectivity index (χ1v) is 9.45. The van der Waals surface area contributed by atoms with Crippen LogP contribution in [0.25, 0.3) is 16.7 Å². The van der Waals surface area contributed by atoms with Crippen molar-refractivity contribution in [3.63, 3.8) is 0 Å². The van der Waals surface area contributed by atoms with Crippen LogP contribution in [0.5, 0.6) is 0 Å². The number of pyridine rings is 1. The monoisotopic (exact) mass is 452 g/mol. The second-order valence-electron chi connectivity index (χ2n) is 6.27. The number of benzene rings is 2. The third kappa shape index (κ3) is 3.54. The first-order chi connectivity index (χ1) is 14.0. The van der Waals surface area contributed by atoms with Crippen LogP contribution < -0.4 is 10.9 Å². The molecular weight excluding hydrogens is 439 g/mol. The van der Waals surface area contributed by atoms with Gasteiger partial charge in [0.05, 0.1) is 22.3 Å². The lowest BCUT2D eigenvalue weighted by atomic mass is 10.2. The SMILES string of the molecule is Cc1nc2ncccc2c(=O)n1-c1ccc(F)c(NC(=O)c2ccccc2Br)c1. The highest BCUT2D eigenvalue weighted by Crippen LogP contribution is 2.22. The highest BCUT2D eigenvalue weighted by atomic mass is 79.9. The second-order valence-corrected chi connectivity index (χ2v) is 7.13. The van der Waals surface area contributed by atoms with Crippen molar-refractivity contribution in [3.05, 3.63) is 92.8 Å². The minimum atomic E-state index is -0.615. The Morgan fingerprint density at radius 1 is 1.14 bits per heavy atom. The van der Waals surface area contributed by atoms with E-state index in [0.29, 0.717) is 32.6 Å². The molecule has 0 aliphatic carbocycles. The molecule has 2 aromatic carbocycles. The Balaban J connectivity index is 1.78. The summed E-state index contributed by atoms with van der Waals surface area (Å²) in [5.74, 6) is -0.690. The molecule has 1 amide bonds. The Hall–Kier alpha value is -3.39. The molecule has 0 bridgehead atoms. The summed E-state index contributed by atoms with van der Waals surface area (Å²) in [6.45, 7) is 1.66. The van der Waals surface area contributed by atoms with Crippen molar-refractivity contribution < 1.29 is 9.18 Å². The highest BCUT2D eigenvalue weighted by Gasteiger charge is 2.15. The van der Waals surface area contributed by atoms with Gasteiger partial charge in [0.25, 0.3) is 11.5 Å². The van der Waals surface area contributed by atoms with E-state index in [4.69, 9.17) is 0 Å². The average Bonchev–Trinajstić information content (AvgIpc) is 2.70. The van der Waals surface area contributed by atoms with E-state index in [1.165, 1.54) is 22.8 Å². The van der Waals surface area contributed by atoms with Crippen LogP contribution >= 0.6 is 15.9 Å². The fourth-order valence-electron chi connectivity index (χ4n) is 3.01. The summed E-state index contributed by atoms with van der Waals surface area (Å²) in [5, 5.41) is 2.91. The first kappa shape index (κ1) is 18.9. The molecule has 1 N–H and O–H groups in total. The maximum Gasteiger partial charge on any atom is 0.267 e. The fraction of sp³-hybridized carbons (Fsp3) is 0.0476. The normalized spacial score (nSPS) is 10.9. The maximum absolute atomic E-state index is 14.4. The van der Waals surface area contributed by atoms with Gasteiger partial charge >= 0.3 is 0 Å². The minimum Gasteiger partial charge on any atom is -0.319 e. The van der Waals surface area contributed by atoms with E-state index in [9.17, 15) is 14.0 Å². The third-order valence-corrected chi connectivity index (χ3v) is 5.08. The molecule has 0 atom stereocenters. The van der Waals surface area contributed by atoms with Gasteiger partial charge in [0.2, 0.25) is 0 Å². The van der Waals surface area contributed by atoms with E-state index in [2.05, 4.69) is 31.2 Å². The lowest BCUT2D eigenvalue weighted by Gasteiger charge is -2.13. The largest absolute Gasteiger partial charge is 0.319 e. The lowest BCUT2D eigenvalue weighted by Crippen LogP contribution is -2.23. The number of anilines is 1. The Bertz CT molecular complexity index is 1320. The minimum absolute atomic E-state index is 0.0409. The standard InChI is InChI=1S/C21H14BrFN4O2/c1-12-25-19-15(6-4-10-24-19)21(29)27(12)13-8-9-17(23)18(11-13)26-20(28)14-5-2-3-7-16(14)22/h2-11H,1H3,(H,26,28). The predicted molar refractivity (Wildman–Crippen MR) is 112 cm³/mol. The number of aromatic nitrogens is 3. The van der Waals surface area contributed by atoms with Gasteiger partial charge in [-0.25, -0.2) is 14.4 Å². The van der Waals surface area contributed by atoms with Gasteiger partial charge in [-0.3, -0.25) is 14.2 Å². The summed E-state index contributed by atoms with van der Waals surface area (Å²) in [6.07, 6.45) is 1.56. The molecule has 0 saturated heterocycles. The van der Waals surface area contributed by atoms with Crippen LogP contribution in [0.15, 0.2) is 70.1 Å². The summed E-state index contributed by atoms with van der Waals surface area (Å²) >= 11 is 3.31. The van der Waals surface area contributed by atoms with Gasteiger partial charge in [-0.15, -0.1) is 0 Å². The lowest BCUT2D eigenvalue weighted by molar-refractivity contribution is 0.102. The van der Waals surface area contributed by atoms with Crippen LogP contribution in [-0.4, -0.2) is 20.4 Å². The van der Waals surface area contributed by atoms with Gasteiger partial charge < -0.3 is 5.32 Å². The van der Waals surface area contributed by atoms with Gasteiger partial charge in [0.15, 0.2) is 5.65 Å². The van der Waals surface area contributed by atoms with Crippen LogP contribution in [0, 0.1) is 12.7 Å². The van der Waals surface area contributed by atoms with Crippen molar-refractivity contribution in [2.24, 2.45) is 0 Å². The van der Waals surface area contributed by atoms with Gasteiger partial charge in [0.1, 0.15) is 11.6 Å². The summed E-state index contributed by atoms with van der Waals surface area (Å²) in [5.41, 5.74) is 0.727. The quantitative estimate of drug-likeness (QED) is 0.504. The number of aryl methyl sites for hydroxylation is 1. The van der Waals surface area contributed by atoms with E-state index in [0.717, 1.165) is 0 Å². The van der Waals surface area contributed by atoms with E-state index >= 15 is 0 Å². The van der Waals surface area contributed by atoms with Crippen LogP contribution in [0.1, 0.15) is 16.2 Å². The summed E-state index contributed by atoms with van der Waals surface area (Å²) < 4.78 is 16.3. The predicted octanol–water partition coefficient (Wildman–Crippen LogP) is 4.24. The Morgan fingerprint density at radius 3 is 2.72 bits per heavy atom. The van der Waals surface area contributed by atoms with Crippen LogP contribution in [0.3, 0.4) is 0 Å². The summed E-state index contributed by atoms with van der Waals surface area (Å²) in [7, 11) is 0. The Labute approximate surface area is 173 Å². The fourth-order valence-corrected chi connectivity index (χ4v) is 3.48. The van der Waals surface area contributed by atoms with Crippen molar-refractivity contribution in [3.8, 4) is 5.69 Å². The molecule has 0 aliphatic rings. The van der Waals surface area contributed by atoms with Crippen molar-refractivity contribution >= 4 is 38.6 Å². The highest BCUT2D eigenvalue weighted by molar-refractivity contribution is 9.10. The zero-order chi connectivity index (χ0) is 20.5. The number of carbonyl (C=O) groups is 1. The topological polar surface area (TPSA) is 76.9 Å². The number of amides is 1. The zero-order valence-corrected chi connectivity index (χ0v) is 16.8. The number of hydrogen-bond donors (Lipinski definition) is 1. The number of nitrogens with zero attached hydrogens (tertiary/aromatic N) is 3. The third-order valence-electron chi connectivity index (χ3n) is 4.39. The van der Waals surface area contributed by atoms with Gasteiger partial charge in [-0.2, -0.15) is 0 Å². The van der Waals surface area contributed by atoms with Crippen molar-refractivity contribution in [2.45, 2.75) is 6.92 Å². The number of fused-ring (bicyclic) bond motifs is 1.